The average molecular weight is 531 g/mol. The Morgan fingerprint density at radius 2 is 1.72 bits per heavy atom. The van der Waals surface area contributed by atoms with Gasteiger partial charge in [-0.15, -0.1) is 0 Å². The minimum atomic E-state index is -1.15. The number of nitrogens with one attached hydrogen (secondary N) is 5. The number of carboxylic acids is 1. The SMILES string of the molecule is Cc1[nH]c([C@@H](Cc2c[nH]c3ccccc23)NC(=O)[C@H](CC(C)C)NC(=O)NCc2ccccc2)nc1C(=O)O. The number of amides is 3. The number of urea groups is 1. The molecule has 0 fully saturated rings. The van der Waals surface area contributed by atoms with Crippen molar-refractivity contribution in [3.8, 4) is 0 Å². The molecule has 0 aliphatic rings. The molecule has 4 rings (SSSR count). The molecule has 2 aromatic carbocycles. The third kappa shape index (κ3) is 7.04. The molecule has 0 unspecified atom stereocenters. The second kappa shape index (κ2) is 12.3. The molecule has 204 valence electrons. The van der Waals surface area contributed by atoms with Crippen LogP contribution in [0.25, 0.3) is 10.9 Å². The van der Waals surface area contributed by atoms with Gasteiger partial charge in [-0.05, 0) is 36.5 Å². The zero-order valence-electron chi connectivity index (χ0n) is 22.2. The summed E-state index contributed by atoms with van der Waals surface area (Å²) in [6, 6.07) is 15.4. The van der Waals surface area contributed by atoms with E-state index in [0.717, 1.165) is 22.0 Å². The van der Waals surface area contributed by atoms with Gasteiger partial charge in [-0.1, -0.05) is 62.4 Å². The van der Waals surface area contributed by atoms with Crippen LogP contribution in [0.5, 0.6) is 0 Å². The number of imidazole rings is 1. The molecular weight excluding hydrogens is 496 g/mol. The molecule has 3 amide bonds. The van der Waals surface area contributed by atoms with Gasteiger partial charge in [0.2, 0.25) is 5.91 Å². The summed E-state index contributed by atoms with van der Waals surface area (Å²) in [6.45, 7) is 5.91. The lowest BCUT2D eigenvalue weighted by atomic mass is 10.0. The molecule has 0 saturated carbocycles. The van der Waals surface area contributed by atoms with E-state index in [-0.39, 0.29) is 17.5 Å². The van der Waals surface area contributed by atoms with Crippen LogP contribution in [0.15, 0.2) is 60.8 Å². The normalized spacial score (nSPS) is 12.7. The van der Waals surface area contributed by atoms with Crippen LogP contribution in [-0.2, 0) is 17.8 Å². The highest BCUT2D eigenvalue weighted by Gasteiger charge is 2.28. The van der Waals surface area contributed by atoms with Crippen LogP contribution in [0, 0.1) is 12.8 Å². The zero-order chi connectivity index (χ0) is 27.9. The molecule has 0 bridgehead atoms. The molecule has 2 aromatic heterocycles. The number of carbonyl (C=O) groups is 3. The number of rotatable bonds is 11. The number of aromatic carboxylic acids is 1. The summed E-state index contributed by atoms with van der Waals surface area (Å²) in [4.78, 5) is 48.5. The minimum Gasteiger partial charge on any atom is -0.476 e. The fourth-order valence-corrected chi connectivity index (χ4v) is 4.56. The van der Waals surface area contributed by atoms with Crippen molar-refractivity contribution in [3.63, 3.8) is 0 Å². The Morgan fingerprint density at radius 3 is 2.41 bits per heavy atom. The predicted molar refractivity (Wildman–Crippen MR) is 148 cm³/mol. The third-order valence-electron chi connectivity index (χ3n) is 6.48. The van der Waals surface area contributed by atoms with E-state index in [9.17, 15) is 19.5 Å². The average Bonchev–Trinajstić information content (AvgIpc) is 3.50. The number of fused-ring (bicyclic) bond motifs is 1. The third-order valence-corrected chi connectivity index (χ3v) is 6.48. The number of carbonyl (C=O) groups excluding carboxylic acids is 2. The molecule has 10 heteroatoms. The van der Waals surface area contributed by atoms with E-state index in [1.165, 1.54) is 0 Å². The van der Waals surface area contributed by atoms with E-state index in [1.54, 1.807) is 6.92 Å². The van der Waals surface area contributed by atoms with Crippen molar-refractivity contribution >= 4 is 28.8 Å². The van der Waals surface area contributed by atoms with Gasteiger partial charge in [-0.3, -0.25) is 4.79 Å². The van der Waals surface area contributed by atoms with Crippen LogP contribution in [-0.4, -0.2) is 44.0 Å². The Morgan fingerprint density at radius 1 is 1.00 bits per heavy atom. The lowest BCUT2D eigenvalue weighted by molar-refractivity contribution is -0.124. The van der Waals surface area contributed by atoms with Gasteiger partial charge in [0, 0.05) is 35.8 Å². The highest BCUT2D eigenvalue weighted by Crippen LogP contribution is 2.24. The lowest BCUT2D eigenvalue weighted by Crippen LogP contribution is -2.51. The zero-order valence-corrected chi connectivity index (χ0v) is 22.2. The second-order valence-electron chi connectivity index (χ2n) is 10.0. The number of hydrogen-bond donors (Lipinski definition) is 6. The topological polar surface area (TPSA) is 152 Å². The lowest BCUT2D eigenvalue weighted by Gasteiger charge is -2.24. The van der Waals surface area contributed by atoms with Gasteiger partial charge in [0.05, 0.1) is 6.04 Å². The number of nitrogens with zero attached hydrogens (tertiary/aromatic N) is 1. The number of aromatic nitrogens is 3. The molecule has 0 saturated heterocycles. The van der Waals surface area contributed by atoms with Crippen molar-refractivity contribution in [1.29, 1.82) is 0 Å². The first-order valence-electron chi connectivity index (χ1n) is 12.9. The van der Waals surface area contributed by atoms with E-state index >= 15 is 0 Å². The smallest absolute Gasteiger partial charge is 0.356 e. The molecule has 2 atom stereocenters. The number of aryl methyl sites for hydroxylation is 1. The molecule has 4 aromatic rings. The maximum absolute atomic E-state index is 13.6. The Kier molecular flexibility index (Phi) is 8.65. The standard InChI is InChI=1S/C29H34N6O4/c1-17(2)13-24(34-29(39)31-15-19-9-5-4-6-10-19)27(36)33-23(26-32-18(3)25(35-26)28(37)38)14-20-16-30-22-12-8-7-11-21(20)22/h4-12,16-17,23-24,30H,13-15H2,1-3H3,(H,32,35)(H,33,36)(H,37,38)(H2,31,34,39)/t23-,24+/m1/s1. The Labute approximate surface area is 226 Å². The molecule has 0 aliphatic heterocycles. The van der Waals surface area contributed by atoms with Crippen molar-refractivity contribution in [2.75, 3.05) is 0 Å². The number of benzene rings is 2. The van der Waals surface area contributed by atoms with Crippen molar-refractivity contribution in [1.82, 2.24) is 30.9 Å². The number of para-hydroxylation sites is 1. The molecule has 6 N–H and O–H groups in total. The van der Waals surface area contributed by atoms with Crippen molar-refractivity contribution < 1.29 is 19.5 Å². The molecular formula is C29H34N6O4. The highest BCUT2D eigenvalue weighted by atomic mass is 16.4. The summed E-state index contributed by atoms with van der Waals surface area (Å²) >= 11 is 0. The Bertz CT molecular complexity index is 1440. The van der Waals surface area contributed by atoms with Gasteiger partial charge in [0.1, 0.15) is 11.9 Å². The maximum atomic E-state index is 13.6. The number of H-pyrrole nitrogens is 2. The van der Waals surface area contributed by atoms with Crippen LogP contribution in [0.1, 0.15) is 59.4 Å². The molecule has 0 spiro atoms. The van der Waals surface area contributed by atoms with Gasteiger partial charge in [-0.2, -0.15) is 0 Å². The largest absolute Gasteiger partial charge is 0.476 e. The summed E-state index contributed by atoms with van der Waals surface area (Å²) in [5.41, 5.74) is 3.14. The van der Waals surface area contributed by atoms with E-state index in [1.807, 2.05) is 74.6 Å². The quantitative estimate of drug-likeness (QED) is 0.172. The van der Waals surface area contributed by atoms with Gasteiger partial charge in [-0.25, -0.2) is 14.6 Å². The summed E-state index contributed by atoms with van der Waals surface area (Å²) in [6.07, 6.45) is 2.65. The van der Waals surface area contributed by atoms with E-state index < -0.39 is 24.1 Å². The van der Waals surface area contributed by atoms with Gasteiger partial charge < -0.3 is 31.0 Å². The van der Waals surface area contributed by atoms with Crippen molar-refractivity contribution in [2.24, 2.45) is 5.92 Å². The molecule has 10 nitrogen and oxygen atoms in total. The molecule has 0 radical (unpaired) electrons. The summed E-state index contributed by atoms with van der Waals surface area (Å²) in [5.74, 6) is -1.07. The van der Waals surface area contributed by atoms with Gasteiger partial charge >= 0.3 is 12.0 Å². The highest BCUT2D eigenvalue weighted by molar-refractivity contribution is 5.88. The fourth-order valence-electron chi connectivity index (χ4n) is 4.56. The Hall–Kier alpha value is -4.60. The predicted octanol–water partition coefficient (Wildman–Crippen LogP) is 4.21. The fraction of sp³-hybridized carbons (Fsp3) is 0.310. The van der Waals surface area contributed by atoms with Crippen LogP contribution in [0.4, 0.5) is 4.79 Å². The first-order valence-corrected chi connectivity index (χ1v) is 12.9. The van der Waals surface area contributed by atoms with E-state index in [2.05, 4.69) is 30.9 Å². The number of hydrogen-bond acceptors (Lipinski definition) is 4. The van der Waals surface area contributed by atoms with Crippen LogP contribution >= 0.6 is 0 Å². The van der Waals surface area contributed by atoms with E-state index in [4.69, 9.17) is 0 Å². The summed E-state index contributed by atoms with van der Waals surface area (Å²) in [7, 11) is 0. The van der Waals surface area contributed by atoms with Crippen LogP contribution in [0.3, 0.4) is 0 Å². The van der Waals surface area contributed by atoms with E-state index in [0.29, 0.717) is 30.9 Å². The monoisotopic (exact) mass is 530 g/mol. The maximum Gasteiger partial charge on any atom is 0.356 e. The van der Waals surface area contributed by atoms with Crippen molar-refractivity contribution in [2.45, 2.75) is 52.2 Å². The van der Waals surface area contributed by atoms with Gasteiger partial charge in [0.25, 0.3) is 0 Å². The summed E-state index contributed by atoms with van der Waals surface area (Å²) < 4.78 is 0. The number of aromatic amines is 2. The first-order chi connectivity index (χ1) is 18.7. The second-order valence-corrected chi connectivity index (χ2v) is 10.0. The van der Waals surface area contributed by atoms with Crippen LogP contribution in [0.2, 0.25) is 0 Å². The Balaban J connectivity index is 1.55. The number of carboxylic acid groups (broad SMARTS) is 1. The van der Waals surface area contributed by atoms with Gasteiger partial charge in [0.15, 0.2) is 5.69 Å². The molecule has 0 aliphatic carbocycles. The summed E-state index contributed by atoms with van der Waals surface area (Å²) in [5, 5.41) is 19.2. The molecule has 39 heavy (non-hydrogen) atoms. The van der Waals surface area contributed by atoms with Crippen LogP contribution < -0.4 is 16.0 Å². The molecule has 2 heterocycles. The van der Waals surface area contributed by atoms with Crippen molar-refractivity contribution in [3.05, 3.63) is 89.1 Å². The first kappa shape index (κ1) is 27.4. The minimum absolute atomic E-state index is 0.0969.